The monoisotopic (exact) mass is 398 g/mol. The highest BCUT2D eigenvalue weighted by Gasteiger charge is 2.39. The van der Waals surface area contributed by atoms with Crippen molar-refractivity contribution in [3.63, 3.8) is 0 Å². The first-order valence-corrected chi connectivity index (χ1v) is 10.4. The Balaban J connectivity index is 1.61. The van der Waals surface area contributed by atoms with Crippen LogP contribution in [-0.2, 0) is 23.0 Å². The molecule has 1 aliphatic heterocycles. The normalized spacial score (nSPS) is 21.3. The highest BCUT2D eigenvalue weighted by molar-refractivity contribution is 6.30. The molecule has 148 valence electrons. The highest BCUT2D eigenvalue weighted by atomic mass is 35.5. The van der Waals surface area contributed by atoms with Crippen LogP contribution >= 0.6 is 11.6 Å². The Hall–Kier alpha value is -2.00. The molecule has 1 atom stereocenters. The molecule has 2 aromatic carbocycles. The minimum absolute atomic E-state index is 0.0171. The Morgan fingerprint density at radius 1 is 1.07 bits per heavy atom. The maximum atomic E-state index is 12.4. The van der Waals surface area contributed by atoms with Gasteiger partial charge in [0.05, 0.1) is 12.2 Å². The van der Waals surface area contributed by atoms with Crippen LogP contribution < -0.4 is 4.74 Å². The van der Waals surface area contributed by atoms with E-state index in [1.165, 1.54) is 11.1 Å². The van der Waals surface area contributed by atoms with Crippen molar-refractivity contribution >= 4 is 17.6 Å². The van der Waals surface area contributed by atoms with Gasteiger partial charge in [0.15, 0.2) is 0 Å². The minimum Gasteiger partial charge on any atom is -0.492 e. The van der Waals surface area contributed by atoms with Crippen molar-refractivity contribution in [2.24, 2.45) is 0 Å². The molecule has 3 nitrogen and oxygen atoms in total. The standard InChI is InChI=1S/C24H27ClO3/c1-23(2,3)28-22(26)18-6-9-21-17(13-18)10-12-24(15-27-21)11-4-5-16-14-19(25)7-8-20(16)24/h6-9,13-14H,4-5,10-12,15H2,1-3H3/t24-/m0/s1. The summed E-state index contributed by atoms with van der Waals surface area (Å²) >= 11 is 6.23. The third-order valence-electron chi connectivity index (χ3n) is 5.81. The topological polar surface area (TPSA) is 35.5 Å². The number of esters is 1. The first-order chi connectivity index (χ1) is 13.3. The SMILES string of the molecule is CC(C)(C)OC(=O)c1ccc2c(c1)CC[C@@]1(CCCc3cc(Cl)ccc31)CO2. The summed E-state index contributed by atoms with van der Waals surface area (Å²) in [6.07, 6.45) is 5.23. The first-order valence-electron chi connectivity index (χ1n) is 10.0. The molecule has 0 N–H and O–H groups in total. The number of aryl methyl sites for hydroxylation is 2. The van der Waals surface area contributed by atoms with E-state index in [0.717, 1.165) is 48.4 Å². The molecular weight excluding hydrogens is 372 g/mol. The third-order valence-corrected chi connectivity index (χ3v) is 6.05. The molecule has 0 saturated heterocycles. The van der Waals surface area contributed by atoms with Crippen molar-refractivity contribution in [2.45, 2.75) is 63.9 Å². The maximum absolute atomic E-state index is 12.4. The average Bonchev–Trinajstić information content (AvgIpc) is 2.80. The van der Waals surface area contributed by atoms with E-state index in [1.54, 1.807) is 6.07 Å². The first kappa shape index (κ1) is 19.3. The van der Waals surface area contributed by atoms with E-state index in [9.17, 15) is 4.79 Å². The summed E-state index contributed by atoms with van der Waals surface area (Å²) in [7, 11) is 0. The molecule has 28 heavy (non-hydrogen) atoms. The number of benzene rings is 2. The average molecular weight is 399 g/mol. The van der Waals surface area contributed by atoms with Crippen molar-refractivity contribution in [1.29, 1.82) is 0 Å². The van der Waals surface area contributed by atoms with Crippen LogP contribution in [-0.4, -0.2) is 18.2 Å². The Morgan fingerprint density at radius 3 is 2.68 bits per heavy atom. The van der Waals surface area contributed by atoms with E-state index in [1.807, 2.05) is 39.0 Å². The molecule has 0 saturated carbocycles. The van der Waals surface area contributed by atoms with E-state index in [0.29, 0.717) is 12.2 Å². The number of ether oxygens (including phenoxy) is 2. The van der Waals surface area contributed by atoms with Gasteiger partial charge >= 0.3 is 5.97 Å². The fourth-order valence-corrected chi connectivity index (χ4v) is 4.68. The van der Waals surface area contributed by atoms with Gasteiger partial charge in [-0.25, -0.2) is 4.79 Å². The Labute approximate surface area is 172 Å². The smallest absolute Gasteiger partial charge is 0.338 e. The molecule has 0 aromatic heterocycles. The van der Waals surface area contributed by atoms with Crippen LogP contribution in [0.4, 0.5) is 0 Å². The summed E-state index contributed by atoms with van der Waals surface area (Å²) in [5, 5.41) is 0.802. The Kier molecular flexibility index (Phi) is 4.91. The van der Waals surface area contributed by atoms with Crippen LogP contribution in [0.15, 0.2) is 36.4 Å². The van der Waals surface area contributed by atoms with Gasteiger partial charge in [0.1, 0.15) is 11.4 Å². The van der Waals surface area contributed by atoms with Crippen molar-refractivity contribution in [3.05, 3.63) is 63.7 Å². The fraction of sp³-hybridized carbons (Fsp3) is 0.458. The number of carbonyl (C=O) groups excluding carboxylic acids is 1. The molecule has 1 heterocycles. The van der Waals surface area contributed by atoms with Crippen LogP contribution in [0.2, 0.25) is 5.02 Å². The number of halogens is 1. The molecule has 0 fully saturated rings. The molecule has 0 radical (unpaired) electrons. The second kappa shape index (κ2) is 7.11. The van der Waals surface area contributed by atoms with Crippen LogP contribution in [0.3, 0.4) is 0 Å². The number of carbonyl (C=O) groups is 1. The lowest BCUT2D eigenvalue weighted by Crippen LogP contribution is -2.36. The predicted molar refractivity (Wildman–Crippen MR) is 111 cm³/mol. The van der Waals surface area contributed by atoms with Crippen molar-refractivity contribution in [2.75, 3.05) is 6.61 Å². The number of rotatable bonds is 1. The summed E-state index contributed by atoms with van der Waals surface area (Å²) < 4.78 is 11.8. The van der Waals surface area contributed by atoms with E-state index in [2.05, 4.69) is 12.1 Å². The van der Waals surface area contributed by atoms with Crippen LogP contribution in [0.1, 0.15) is 67.1 Å². The summed E-state index contributed by atoms with van der Waals surface area (Å²) in [5.74, 6) is 0.595. The zero-order valence-electron chi connectivity index (χ0n) is 16.8. The van der Waals surface area contributed by atoms with Crippen LogP contribution in [0, 0.1) is 0 Å². The molecular formula is C24H27ClO3. The molecule has 1 aliphatic carbocycles. The van der Waals surface area contributed by atoms with E-state index >= 15 is 0 Å². The largest absolute Gasteiger partial charge is 0.492 e. The van der Waals surface area contributed by atoms with Crippen molar-refractivity contribution in [1.82, 2.24) is 0 Å². The molecule has 0 bridgehead atoms. The van der Waals surface area contributed by atoms with Crippen molar-refractivity contribution in [3.8, 4) is 5.75 Å². The highest BCUT2D eigenvalue weighted by Crippen LogP contribution is 2.44. The van der Waals surface area contributed by atoms with Gasteiger partial charge in [0.25, 0.3) is 0 Å². The molecule has 1 spiro atoms. The van der Waals surface area contributed by atoms with Gasteiger partial charge in [-0.1, -0.05) is 17.7 Å². The number of hydrogen-bond donors (Lipinski definition) is 0. The Bertz CT molecular complexity index is 913. The Morgan fingerprint density at radius 2 is 1.89 bits per heavy atom. The van der Waals surface area contributed by atoms with E-state index < -0.39 is 5.60 Å². The van der Waals surface area contributed by atoms with Gasteiger partial charge in [0, 0.05) is 10.4 Å². The number of fused-ring (bicyclic) bond motifs is 3. The molecule has 0 amide bonds. The fourth-order valence-electron chi connectivity index (χ4n) is 4.49. The summed E-state index contributed by atoms with van der Waals surface area (Å²) in [6.45, 7) is 6.32. The second-order valence-corrected chi connectivity index (χ2v) is 9.48. The quantitative estimate of drug-likeness (QED) is 0.561. The molecule has 0 unspecified atom stereocenters. The summed E-state index contributed by atoms with van der Waals surface area (Å²) in [5.41, 5.74) is 3.91. The van der Waals surface area contributed by atoms with E-state index in [-0.39, 0.29) is 11.4 Å². The minimum atomic E-state index is -0.502. The second-order valence-electron chi connectivity index (χ2n) is 9.05. The predicted octanol–water partition coefficient (Wildman–Crippen LogP) is 5.89. The lowest BCUT2D eigenvalue weighted by Gasteiger charge is -2.38. The van der Waals surface area contributed by atoms with Gasteiger partial charge in [-0.05, 0) is 99.9 Å². The van der Waals surface area contributed by atoms with Crippen LogP contribution in [0.25, 0.3) is 0 Å². The molecule has 4 heteroatoms. The molecule has 2 aromatic rings. The van der Waals surface area contributed by atoms with Gasteiger partial charge in [-0.15, -0.1) is 0 Å². The van der Waals surface area contributed by atoms with Gasteiger partial charge in [0.2, 0.25) is 0 Å². The van der Waals surface area contributed by atoms with Gasteiger partial charge < -0.3 is 9.47 Å². The van der Waals surface area contributed by atoms with Crippen molar-refractivity contribution < 1.29 is 14.3 Å². The zero-order valence-corrected chi connectivity index (χ0v) is 17.6. The third kappa shape index (κ3) is 3.77. The van der Waals surface area contributed by atoms with Gasteiger partial charge in [-0.3, -0.25) is 0 Å². The van der Waals surface area contributed by atoms with Crippen LogP contribution in [0.5, 0.6) is 5.75 Å². The molecule has 2 aliphatic rings. The lowest BCUT2D eigenvalue weighted by atomic mass is 9.68. The van der Waals surface area contributed by atoms with Gasteiger partial charge in [-0.2, -0.15) is 0 Å². The lowest BCUT2D eigenvalue weighted by molar-refractivity contribution is 0.00694. The molecule has 4 rings (SSSR count). The van der Waals surface area contributed by atoms with E-state index in [4.69, 9.17) is 21.1 Å². The maximum Gasteiger partial charge on any atom is 0.338 e. The number of hydrogen-bond acceptors (Lipinski definition) is 3. The summed E-state index contributed by atoms with van der Waals surface area (Å²) in [4.78, 5) is 12.4. The zero-order chi connectivity index (χ0) is 19.9. The summed E-state index contributed by atoms with van der Waals surface area (Å²) in [6, 6.07) is 11.9.